The van der Waals surface area contributed by atoms with E-state index in [1.807, 2.05) is 57.2 Å². The zero-order valence-electron chi connectivity index (χ0n) is 19.6. The number of aliphatic carboxylic acids is 1. The largest absolute Gasteiger partial charge is 0.481 e. The Bertz CT molecular complexity index is 1430. The minimum atomic E-state index is -4.49. The highest BCUT2D eigenvalue weighted by molar-refractivity contribution is 5.97. The standard InChI is InChI=1S/C28H25F3N2O2/c1-16-10-20(13-25(34)35)12-24(18(16)3)32-15-19-6-4-7-21(11-19)26-17(2)14-33-27-22(26)8-5-9-23(27)28(29,30)31/h4-12,14,32H,13,15H2,1-3H3,(H,34,35). The zero-order valence-corrected chi connectivity index (χ0v) is 19.6. The van der Waals surface area contributed by atoms with E-state index in [9.17, 15) is 18.0 Å². The predicted molar refractivity (Wildman–Crippen MR) is 132 cm³/mol. The quantitative estimate of drug-likeness (QED) is 0.311. The molecule has 0 saturated carbocycles. The zero-order chi connectivity index (χ0) is 25.3. The molecule has 0 saturated heterocycles. The van der Waals surface area contributed by atoms with Crippen molar-refractivity contribution < 1.29 is 23.1 Å². The molecule has 0 aliphatic carbocycles. The smallest absolute Gasteiger partial charge is 0.418 e. The molecule has 0 fully saturated rings. The molecule has 35 heavy (non-hydrogen) atoms. The van der Waals surface area contributed by atoms with E-state index in [-0.39, 0.29) is 11.9 Å². The number of benzene rings is 3. The van der Waals surface area contributed by atoms with E-state index in [0.29, 0.717) is 11.9 Å². The summed E-state index contributed by atoms with van der Waals surface area (Å²) in [5, 5.41) is 13.0. The lowest BCUT2D eigenvalue weighted by atomic mass is 9.94. The van der Waals surface area contributed by atoms with Crippen LogP contribution in [0.5, 0.6) is 0 Å². The third-order valence-corrected chi connectivity index (χ3v) is 6.17. The molecule has 1 aromatic heterocycles. The number of rotatable bonds is 6. The molecule has 0 bridgehead atoms. The summed E-state index contributed by atoms with van der Waals surface area (Å²) in [5.74, 6) is -0.888. The Morgan fingerprint density at radius 1 is 0.971 bits per heavy atom. The number of fused-ring (bicyclic) bond motifs is 1. The summed E-state index contributed by atoms with van der Waals surface area (Å²) in [7, 11) is 0. The molecular weight excluding hydrogens is 453 g/mol. The maximum absolute atomic E-state index is 13.6. The molecule has 4 nitrogen and oxygen atoms in total. The maximum atomic E-state index is 13.6. The highest BCUT2D eigenvalue weighted by atomic mass is 19.4. The number of nitrogens with one attached hydrogen (secondary N) is 1. The number of carboxylic acids is 1. The number of halogens is 3. The number of hydrogen-bond acceptors (Lipinski definition) is 3. The topological polar surface area (TPSA) is 62.2 Å². The molecule has 0 aliphatic heterocycles. The number of nitrogens with zero attached hydrogens (tertiary/aromatic N) is 1. The lowest BCUT2D eigenvalue weighted by Crippen LogP contribution is -2.07. The van der Waals surface area contributed by atoms with E-state index in [4.69, 9.17) is 5.11 Å². The first-order chi connectivity index (χ1) is 16.5. The number of aromatic nitrogens is 1. The summed E-state index contributed by atoms with van der Waals surface area (Å²) in [6.45, 7) is 6.23. The van der Waals surface area contributed by atoms with E-state index < -0.39 is 17.7 Å². The van der Waals surface area contributed by atoms with Gasteiger partial charge >= 0.3 is 12.1 Å². The second-order valence-electron chi connectivity index (χ2n) is 8.73. The van der Waals surface area contributed by atoms with Gasteiger partial charge in [-0.05, 0) is 77.9 Å². The summed E-state index contributed by atoms with van der Waals surface area (Å²) < 4.78 is 40.7. The van der Waals surface area contributed by atoms with Gasteiger partial charge in [-0.15, -0.1) is 0 Å². The van der Waals surface area contributed by atoms with Crippen LogP contribution in [-0.2, 0) is 23.9 Å². The van der Waals surface area contributed by atoms with Crippen molar-refractivity contribution in [2.75, 3.05) is 5.32 Å². The fourth-order valence-corrected chi connectivity index (χ4v) is 4.36. The molecule has 2 N–H and O–H groups in total. The predicted octanol–water partition coefficient (Wildman–Crippen LogP) is 7.09. The number of para-hydroxylation sites is 1. The highest BCUT2D eigenvalue weighted by Gasteiger charge is 2.33. The SMILES string of the molecule is Cc1cc(CC(=O)O)cc(NCc2cccc(-c3c(C)cnc4c(C(F)(F)F)cccc34)c2)c1C. The third kappa shape index (κ3) is 5.14. The summed E-state index contributed by atoms with van der Waals surface area (Å²) in [4.78, 5) is 15.2. The number of hydrogen-bond donors (Lipinski definition) is 2. The lowest BCUT2D eigenvalue weighted by molar-refractivity contribution is -0.137. The lowest BCUT2D eigenvalue weighted by Gasteiger charge is -2.16. The monoisotopic (exact) mass is 478 g/mol. The van der Waals surface area contributed by atoms with E-state index in [1.165, 1.54) is 12.3 Å². The Morgan fingerprint density at radius 3 is 2.43 bits per heavy atom. The van der Waals surface area contributed by atoms with Gasteiger partial charge in [-0.1, -0.05) is 36.4 Å². The second-order valence-corrected chi connectivity index (χ2v) is 8.73. The van der Waals surface area contributed by atoms with Crippen LogP contribution in [0.2, 0.25) is 0 Å². The number of carbonyl (C=O) groups is 1. The van der Waals surface area contributed by atoms with Crippen molar-refractivity contribution in [3.63, 3.8) is 0 Å². The van der Waals surface area contributed by atoms with Gasteiger partial charge in [-0.2, -0.15) is 13.2 Å². The fraction of sp³-hybridized carbons (Fsp3) is 0.214. The van der Waals surface area contributed by atoms with Crippen molar-refractivity contribution in [2.45, 2.75) is 39.9 Å². The molecule has 7 heteroatoms. The van der Waals surface area contributed by atoms with Gasteiger partial charge in [-0.25, -0.2) is 0 Å². The van der Waals surface area contributed by atoms with Crippen LogP contribution in [-0.4, -0.2) is 16.1 Å². The van der Waals surface area contributed by atoms with Gasteiger partial charge in [0.05, 0.1) is 17.5 Å². The molecule has 1 heterocycles. The molecule has 0 spiro atoms. The van der Waals surface area contributed by atoms with Crippen molar-refractivity contribution in [1.29, 1.82) is 0 Å². The van der Waals surface area contributed by atoms with Gasteiger partial charge < -0.3 is 10.4 Å². The molecule has 3 aromatic carbocycles. The number of anilines is 1. The average molecular weight is 479 g/mol. The molecule has 4 aromatic rings. The van der Waals surface area contributed by atoms with E-state index in [1.54, 1.807) is 6.07 Å². The number of carboxylic acid groups (broad SMARTS) is 1. The average Bonchev–Trinajstić information content (AvgIpc) is 2.79. The van der Waals surface area contributed by atoms with E-state index in [0.717, 1.165) is 50.7 Å². The normalized spacial score (nSPS) is 11.6. The van der Waals surface area contributed by atoms with Gasteiger partial charge in [-0.3, -0.25) is 9.78 Å². The Kier molecular flexibility index (Phi) is 6.52. The van der Waals surface area contributed by atoms with Crippen LogP contribution in [0.3, 0.4) is 0 Å². The van der Waals surface area contributed by atoms with Crippen molar-refractivity contribution in [1.82, 2.24) is 4.98 Å². The van der Waals surface area contributed by atoms with Gasteiger partial charge in [0, 0.05) is 23.8 Å². The maximum Gasteiger partial charge on any atom is 0.418 e. The number of alkyl halides is 3. The van der Waals surface area contributed by atoms with Crippen LogP contribution < -0.4 is 5.32 Å². The molecule has 4 rings (SSSR count). The van der Waals surface area contributed by atoms with E-state index >= 15 is 0 Å². The van der Waals surface area contributed by atoms with Crippen molar-refractivity contribution in [3.8, 4) is 11.1 Å². The summed E-state index contributed by atoms with van der Waals surface area (Å²) in [5.41, 5.74) is 6.05. The minimum absolute atomic E-state index is 0.0560. The molecule has 0 unspecified atom stereocenters. The minimum Gasteiger partial charge on any atom is -0.481 e. The van der Waals surface area contributed by atoms with Crippen LogP contribution >= 0.6 is 0 Å². The summed E-state index contributed by atoms with van der Waals surface area (Å²) in [6.07, 6.45) is -3.06. The van der Waals surface area contributed by atoms with Gasteiger partial charge in [0.15, 0.2) is 0 Å². The Balaban J connectivity index is 1.69. The number of aryl methyl sites for hydroxylation is 2. The summed E-state index contributed by atoms with van der Waals surface area (Å²) in [6, 6.07) is 15.5. The third-order valence-electron chi connectivity index (χ3n) is 6.17. The molecule has 0 amide bonds. The van der Waals surface area contributed by atoms with Crippen LogP contribution in [0.4, 0.5) is 18.9 Å². The van der Waals surface area contributed by atoms with Crippen molar-refractivity contribution >= 4 is 22.6 Å². The number of pyridine rings is 1. The first-order valence-corrected chi connectivity index (χ1v) is 11.1. The Labute approximate surface area is 201 Å². The molecule has 0 atom stereocenters. The van der Waals surface area contributed by atoms with Gasteiger partial charge in [0.1, 0.15) is 0 Å². The van der Waals surface area contributed by atoms with Gasteiger partial charge in [0.25, 0.3) is 0 Å². The molecule has 0 radical (unpaired) electrons. The first-order valence-electron chi connectivity index (χ1n) is 11.1. The Hall–Kier alpha value is -3.87. The molecule has 0 aliphatic rings. The summed E-state index contributed by atoms with van der Waals surface area (Å²) >= 11 is 0. The van der Waals surface area contributed by atoms with Crippen LogP contribution in [0.15, 0.2) is 60.8 Å². The van der Waals surface area contributed by atoms with Crippen molar-refractivity contribution in [3.05, 3.63) is 94.2 Å². The van der Waals surface area contributed by atoms with Crippen LogP contribution in [0.1, 0.15) is 33.4 Å². The van der Waals surface area contributed by atoms with Crippen LogP contribution in [0.25, 0.3) is 22.0 Å². The molecular formula is C28H25F3N2O2. The second kappa shape index (κ2) is 9.41. The van der Waals surface area contributed by atoms with Crippen LogP contribution in [0, 0.1) is 20.8 Å². The fourth-order valence-electron chi connectivity index (χ4n) is 4.36. The van der Waals surface area contributed by atoms with Gasteiger partial charge in [0.2, 0.25) is 0 Å². The Morgan fingerprint density at radius 2 is 1.71 bits per heavy atom. The molecule has 180 valence electrons. The van der Waals surface area contributed by atoms with Crippen molar-refractivity contribution in [2.24, 2.45) is 0 Å². The highest BCUT2D eigenvalue weighted by Crippen LogP contribution is 2.38. The van der Waals surface area contributed by atoms with E-state index in [2.05, 4.69) is 10.3 Å². The first kappa shape index (κ1) is 24.3.